The van der Waals surface area contributed by atoms with Crippen LogP contribution in [-0.2, 0) is 16.1 Å². The number of hydrogen-bond acceptors (Lipinski definition) is 5. The number of benzene rings is 2. The fourth-order valence-corrected chi connectivity index (χ4v) is 4.02. The lowest BCUT2D eigenvalue weighted by Gasteiger charge is -2.31. The maximum absolute atomic E-state index is 12.7. The van der Waals surface area contributed by atoms with Crippen LogP contribution in [0.25, 0.3) is 11.0 Å². The summed E-state index contributed by atoms with van der Waals surface area (Å²) in [4.78, 5) is 27.5. The fourth-order valence-electron chi connectivity index (χ4n) is 4.02. The molecule has 1 aliphatic heterocycles. The molecule has 2 heterocycles. The van der Waals surface area contributed by atoms with Gasteiger partial charge in [-0.3, -0.25) is 9.69 Å². The van der Waals surface area contributed by atoms with Gasteiger partial charge in [0.05, 0.1) is 19.1 Å². The zero-order valence-corrected chi connectivity index (χ0v) is 17.1. The number of carbonyl (C=O) groups is 2. The Morgan fingerprint density at radius 3 is 2.70 bits per heavy atom. The number of nitrogens with one attached hydrogen (secondary N) is 1. The Balaban J connectivity index is 1.50. The molecule has 2 aromatic carbocycles. The van der Waals surface area contributed by atoms with Crippen LogP contribution in [-0.4, -0.2) is 36.5 Å². The van der Waals surface area contributed by atoms with E-state index in [1.165, 1.54) is 0 Å². The van der Waals surface area contributed by atoms with Crippen molar-refractivity contribution in [1.29, 1.82) is 0 Å². The van der Waals surface area contributed by atoms with Crippen molar-refractivity contribution in [2.45, 2.75) is 26.3 Å². The number of amides is 1. The van der Waals surface area contributed by atoms with E-state index in [0.29, 0.717) is 36.6 Å². The summed E-state index contributed by atoms with van der Waals surface area (Å²) >= 11 is 0. The quantitative estimate of drug-likeness (QED) is 0.612. The van der Waals surface area contributed by atoms with Gasteiger partial charge >= 0.3 is 5.97 Å². The van der Waals surface area contributed by atoms with Gasteiger partial charge in [-0.15, -0.1) is 0 Å². The number of piperidine rings is 1. The molecular weight excluding hydrogens is 380 g/mol. The number of fused-ring (bicyclic) bond motifs is 1. The maximum Gasteiger partial charge on any atom is 0.342 e. The second kappa shape index (κ2) is 9.13. The summed E-state index contributed by atoms with van der Waals surface area (Å²) in [5, 5.41) is 3.77. The molecule has 1 aromatic heterocycles. The van der Waals surface area contributed by atoms with Crippen LogP contribution in [0.3, 0.4) is 0 Å². The van der Waals surface area contributed by atoms with E-state index < -0.39 is 0 Å². The Kier molecular flexibility index (Phi) is 6.14. The van der Waals surface area contributed by atoms with Crippen LogP contribution in [0, 0.1) is 5.92 Å². The molecule has 0 saturated carbocycles. The second-order valence-corrected chi connectivity index (χ2v) is 7.55. The summed E-state index contributed by atoms with van der Waals surface area (Å²) in [7, 11) is 0. The molecule has 0 bridgehead atoms. The van der Waals surface area contributed by atoms with Gasteiger partial charge in [-0.25, -0.2) is 4.79 Å². The molecule has 1 saturated heterocycles. The lowest BCUT2D eigenvalue weighted by atomic mass is 9.96. The number of esters is 1. The number of rotatable bonds is 6. The molecule has 30 heavy (non-hydrogen) atoms. The van der Waals surface area contributed by atoms with Crippen LogP contribution < -0.4 is 5.32 Å². The molecule has 1 atom stereocenters. The lowest BCUT2D eigenvalue weighted by Crippen LogP contribution is -2.40. The van der Waals surface area contributed by atoms with Crippen molar-refractivity contribution in [2.75, 3.05) is 25.0 Å². The highest BCUT2D eigenvalue weighted by atomic mass is 16.5. The van der Waals surface area contributed by atoms with Gasteiger partial charge in [0.25, 0.3) is 0 Å². The highest BCUT2D eigenvalue weighted by Crippen LogP contribution is 2.29. The van der Waals surface area contributed by atoms with Gasteiger partial charge in [0.2, 0.25) is 5.91 Å². The van der Waals surface area contributed by atoms with E-state index in [1.807, 2.05) is 54.6 Å². The summed E-state index contributed by atoms with van der Waals surface area (Å²) in [5.41, 5.74) is 1.97. The minimum Gasteiger partial charge on any atom is -0.462 e. The Hall–Kier alpha value is -3.12. The van der Waals surface area contributed by atoms with E-state index in [1.54, 1.807) is 6.92 Å². The van der Waals surface area contributed by atoms with Gasteiger partial charge in [-0.2, -0.15) is 0 Å². The summed E-state index contributed by atoms with van der Waals surface area (Å²) in [6.45, 7) is 4.05. The first-order valence-corrected chi connectivity index (χ1v) is 10.4. The Labute approximate surface area is 175 Å². The summed E-state index contributed by atoms with van der Waals surface area (Å²) < 4.78 is 11.3. The van der Waals surface area contributed by atoms with Crippen LogP contribution in [0.5, 0.6) is 0 Å². The SMILES string of the molecule is CCOC(=O)c1c(CN2CCCC(C(=O)Nc3ccccc3)C2)oc2ccccc12. The van der Waals surface area contributed by atoms with Crippen molar-refractivity contribution in [3.8, 4) is 0 Å². The minimum absolute atomic E-state index is 0.0288. The molecule has 1 aliphatic rings. The zero-order chi connectivity index (χ0) is 20.9. The van der Waals surface area contributed by atoms with E-state index in [-0.39, 0.29) is 17.8 Å². The van der Waals surface area contributed by atoms with E-state index in [9.17, 15) is 9.59 Å². The van der Waals surface area contributed by atoms with Crippen molar-refractivity contribution in [2.24, 2.45) is 5.92 Å². The number of nitrogens with zero attached hydrogens (tertiary/aromatic N) is 1. The predicted octanol–water partition coefficient (Wildman–Crippen LogP) is 4.46. The summed E-state index contributed by atoms with van der Waals surface area (Å²) in [5.74, 6) is 0.155. The van der Waals surface area contributed by atoms with Crippen LogP contribution in [0.4, 0.5) is 5.69 Å². The third-order valence-electron chi connectivity index (χ3n) is 5.43. The van der Waals surface area contributed by atoms with Crippen molar-refractivity contribution in [3.63, 3.8) is 0 Å². The fraction of sp³-hybridized carbons (Fsp3) is 0.333. The van der Waals surface area contributed by atoms with E-state index in [4.69, 9.17) is 9.15 Å². The second-order valence-electron chi connectivity index (χ2n) is 7.55. The first kappa shape index (κ1) is 20.2. The molecule has 0 aliphatic carbocycles. The number of likely N-dealkylation sites (tertiary alicyclic amines) is 1. The first-order valence-electron chi connectivity index (χ1n) is 10.4. The van der Waals surface area contributed by atoms with Gasteiger partial charge in [0.1, 0.15) is 16.9 Å². The molecule has 156 valence electrons. The molecule has 1 N–H and O–H groups in total. The minimum atomic E-state index is -0.368. The number of anilines is 1. The van der Waals surface area contributed by atoms with E-state index >= 15 is 0 Å². The van der Waals surface area contributed by atoms with Gasteiger partial charge < -0.3 is 14.5 Å². The van der Waals surface area contributed by atoms with Crippen molar-refractivity contribution < 1.29 is 18.7 Å². The van der Waals surface area contributed by atoms with Gasteiger partial charge in [0.15, 0.2) is 0 Å². The largest absolute Gasteiger partial charge is 0.462 e. The summed E-state index contributed by atoms with van der Waals surface area (Å²) in [6.07, 6.45) is 1.77. The van der Waals surface area contributed by atoms with Crippen molar-refractivity contribution in [1.82, 2.24) is 4.90 Å². The highest BCUT2D eigenvalue weighted by molar-refractivity contribution is 6.04. The van der Waals surface area contributed by atoms with Gasteiger partial charge in [0, 0.05) is 17.6 Å². The van der Waals surface area contributed by atoms with Gasteiger partial charge in [-0.1, -0.05) is 36.4 Å². The number of ether oxygens (including phenoxy) is 1. The monoisotopic (exact) mass is 406 g/mol. The molecule has 6 nitrogen and oxygen atoms in total. The highest BCUT2D eigenvalue weighted by Gasteiger charge is 2.29. The topological polar surface area (TPSA) is 71.8 Å². The van der Waals surface area contributed by atoms with Crippen molar-refractivity contribution >= 4 is 28.5 Å². The average molecular weight is 406 g/mol. The Morgan fingerprint density at radius 2 is 1.90 bits per heavy atom. The number of furan rings is 1. The first-order chi connectivity index (χ1) is 14.7. The number of para-hydroxylation sites is 2. The molecular formula is C24H26N2O4. The smallest absolute Gasteiger partial charge is 0.342 e. The molecule has 0 radical (unpaired) electrons. The molecule has 0 spiro atoms. The van der Waals surface area contributed by atoms with E-state index in [0.717, 1.165) is 30.5 Å². The third-order valence-corrected chi connectivity index (χ3v) is 5.43. The molecule has 3 aromatic rings. The Bertz CT molecular complexity index is 1030. The van der Waals surface area contributed by atoms with Crippen LogP contribution >= 0.6 is 0 Å². The van der Waals surface area contributed by atoms with E-state index in [2.05, 4.69) is 10.2 Å². The standard InChI is InChI=1S/C24H26N2O4/c1-2-29-24(28)22-19-12-6-7-13-20(19)30-21(22)16-26-14-8-9-17(15-26)23(27)25-18-10-4-3-5-11-18/h3-7,10-13,17H,2,8-9,14-16H2,1H3,(H,25,27). The van der Waals surface area contributed by atoms with Crippen LogP contribution in [0.15, 0.2) is 59.0 Å². The zero-order valence-electron chi connectivity index (χ0n) is 17.1. The summed E-state index contributed by atoms with van der Waals surface area (Å²) in [6, 6.07) is 17.0. The van der Waals surface area contributed by atoms with Crippen LogP contribution in [0.1, 0.15) is 35.9 Å². The number of hydrogen-bond donors (Lipinski definition) is 1. The predicted molar refractivity (Wildman–Crippen MR) is 115 cm³/mol. The molecule has 4 rings (SSSR count). The van der Waals surface area contributed by atoms with Crippen LogP contribution in [0.2, 0.25) is 0 Å². The molecule has 1 unspecified atom stereocenters. The number of carbonyl (C=O) groups excluding carboxylic acids is 2. The normalized spacial score (nSPS) is 17.0. The molecule has 1 fully saturated rings. The third kappa shape index (κ3) is 4.39. The molecule has 1 amide bonds. The molecule has 6 heteroatoms. The average Bonchev–Trinajstić information content (AvgIpc) is 3.12. The maximum atomic E-state index is 12.7. The van der Waals surface area contributed by atoms with Gasteiger partial charge in [-0.05, 0) is 44.5 Å². The van der Waals surface area contributed by atoms with Crippen molar-refractivity contribution in [3.05, 3.63) is 65.9 Å². The Morgan fingerprint density at radius 1 is 1.13 bits per heavy atom. The lowest BCUT2D eigenvalue weighted by molar-refractivity contribution is -0.121.